The second kappa shape index (κ2) is 5.21. The number of anilines is 1. The number of fused-ring (bicyclic) bond motifs is 1. The van der Waals surface area contributed by atoms with Crippen LogP contribution in [0.5, 0.6) is 0 Å². The van der Waals surface area contributed by atoms with Gasteiger partial charge < -0.3 is 0 Å². The number of carbonyl (C=O) groups excluding carboxylic acids is 3. The predicted octanol–water partition coefficient (Wildman–Crippen LogP) is 2.49. The van der Waals surface area contributed by atoms with E-state index in [9.17, 15) is 18.8 Å². The quantitative estimate of drug-likeness (QED) is 0.798. The number of nitrogens with zero attached hydrogens (tertiary/aromatic N) is 1. The maximum atomic E-state index is 13.5. The lowest BCUT2D eigenvalue weighted by molar-refractivity contribution is -0.120. The van der Waals surface area contributed by atoms with Gasteiger partial charge >= 0.3 is 0 Å². The zero-order chi connectivity index (χ0) is 14.2. The van der Waals surface area contributed by atoms with Gasteiger partial charge in [0.15, 0.2) is 5.78 Å². The molecule has 1 aliphatic rings. The molecule has 4 nitrogen and oxygen atoms in total. The topological polar surface area (TPSA) is 54.5 Å². The fourth-order valence-electron chi connectivity index (χ4n) is 1.98. The first-order valence-electron chi connectivity index (χ1n) is 5.82. The second-order valence-electron chi connectivity index (χ2n) is 4.29. The number of hydrogen-bond acceptors (Lipinski definition) is 3. The molecule has 0 fully saturated rings. The molecule has 2 rings (SSSR count). The molecular formula is C13H11BrFNO3. The number of carbonyl (C=O) groups is 3. The van der Waals surface area contributed by atoms with E-state index < -0.39 is 17.5 Å². The van der Waals surface area contributed by atoms with Crippen LogP contribution >= 0.6 is 15.9 Å². The lowest BCUT2D eigenvalue weighted by Gasteiger charge is -2.15. The molecule has 0 saturated carbocycles. The van der Waals surface area contributed by atoms with E-state index >= 15 is 0 Å². The van der Waals surface area contributed by atoms with E-state index in [0.717, 1.165) is 11.0 Å². The van der Waals surface area contributed by atoms with Crippen molar-refractivity contribution in [3.63, 3.8) is 0 Å². The normalized spacial score (nSPS) is 13.9. The Balaban J connectivity index is 2.38. The summed E-state index contributed by atoms with van der Waals surface area (Å²) in [5, 5.41) is 0. The molecule has 1 aromatic rings. The molecule has 1 heterocycles. The number of ketones is 2. The van der Waals surface area contributed by atoms with Crippen LogP contribution in [0, 0.1) is 5.82 Å². The van der Waals surface area contributed by atoms with E-state index in [2.05, 4.69) is 15.9 Å². The van der Waals surface area contributed by atoms with Crippen molar-refractivity contribution in [2.24, 2.45) is 0 Å². The SMILES string of the molecule is CCCC(=O)CN1C(=O)C(=O)c2cc(Br)c(F)cc21. The highest BCUT2D eigenvalue weighted by molar-refractivity contribution is 9.10. The fraction of sp³-hybridized carbons (Fsp3) is 0.308. The van der Waals surface area contributed by atoms with Crippen LogP contribution in [0.3, 0.4) is 0 Å². The Hall–Kier alpha value is -1.56. The molecule has 0 bridgehead atoms. The molecule has 0 unspecified atom stereocenters. The smallest absolute Gasteiger partial charge is 0.298 e. The number of hydrogen-bond donors (Lipinski definition) is 0. The van der Waals surface area contributed by atoms with Crippen molar-refractivity contribution in [3.8, 4) is 0 Å². The van der Waals surface area contributed by atoms with Crippen LogP contribution in [0.1, 0.15) is 30.1 Å². The van der Waals surface area contributed by atoms with Gasteiger partial charge in [-0.2, -0.15) is 0 Å². The summed E-state index contributed by atoms with van der Waals surface area (Å²) in [6, 6.07) is 2.37. The minimum atomic E-state index is -0.781. The van der Waals surface area contributed by atoms with Crippen molar-refractivity contribution < 1.29 is 18.8 Å². The van der Waals surface area contributed by atoms with Crippen molar-refractivity contribution in [2.75, 3.05) is 11.4 Å². The van der Waals surface area contributed by atoms with Crippen molar-refractivity contribution in [2.45, 2.75) is 19.8 Å². The molecule has 1 aromatic carbocycles. The van der Waals surface area contributed by atoms with Crippen molar-refractivity contribution in [3.05, 3.63) is 28.0 Å². The maximum Gasteiger partial charge on any atom is 0.299 e. The standard InChI is InChI=1S/C13H11BrFNO3/c1-2-3-7(17)6-16-11-5-10(15)9(14)4-8(11)12(18)13(16)19/h4-5H,2-3,6H2,1H3. The van der Waals surface area contributed by atoms with Crippen LogP contribution in [-0.4, -0.2) is 24.0 Å². The Morgan fingerprint density at radius 1 is 1.37 bits per heavy atom. The molecule has 0 radical (unpaired) electrons. The summed E-state index contributed by atoms with van der Waals surface area (Å²) in [5.74, 6) is -2.22. The summed E-state index contributed by atoms with van der Waals surface area (Å²) in [6.07, 6.45) is 0.989. The van der Waals surface area contributed by atoms with Crippen molar-refractivity contribution in [1.82, 2.24) is 0 Å². The van der Waals surface area contributed by atoms with Gasteiger partial charge in [-0.15, -0.1) is 0 Å². The van der Waals surface area contributed by atoms with Crippen molar-refractivity contribution in [1.29, 1.82) is 0 Å². The molecule has 0 atom stereocenters. The van der Waals surface area contributed by atoms with Crippen molar-refractivity contribution >= 4 is 39.1 Å². The zero-order valence-corrected chi connectivity index (χ0v) is 11.8. The van der Waals surface area contributed by atoms with E-state index in [1.807, 2.05) is 6.92 Å². The minimum absolute atomic E-state index is 0.120. The molecule has 100 valence electrons. The molecule has 0 N–H and O–H groups in total. The highest BCUT2D eigenvalue weighted by Crippen LogP contribution is 2.33. The van der Waals surface area contributed by atoms with Gasteiger partial charge in [-0.1, -0.05) is 6.92 Å². The first kappa shape index (κ1) is 13.9. The molecule has 1 aliphatic heterocycles. The van der Waals surface area contributed by atoms with Gasteiger partial charge in [-0.25, -0.2) is 4.39 Å². The van der Waals surface area contributed by atoms with Gasteiger partial charge in [-0.3, -0.25) is 19.3 Å². The Labute approximate surface area is 117 Å². The van der Waals surface area contributed by atoms with Crippen LogP contribution in [0.2, 0.25) is 0 Å². The first-order valence-corrected chi connectivity index (χ1v) is 6.62. The maximum absolute atomic E-state index is 13.5. The molecule has 0 spiro atoms. The van der Waals surface area contributed by atoms with E-state index in [1.54, 1.807) is 0 Å². The van der Waals surface area contributed by atoms with Gasteiger partial charge in [0.05, 0.1) is 22.3 Å². The molecule has 6 heteroatoms. The summed E-state index contributed by atoms with van der Waals surface area (Å²) in [6.45, 7) is 1.66. The highest BCUT2D eigenvalue weighted by Gasteiger charge is 2.37. The number of rotatable bonds is 4. The van der Waals surface area contributed by atoms with Gasteiger partial charge in [-0.05, 0) is 34.5 Å². The average molecular weight is 328 g/mol. The van der Waals surface area contributed by atoms with Gasteiger partial charge in [0.25, 0.3) is 11.7 Å². The summed E-state index contributed by atoms with van der Waals surface area (Å²) >= 11 is 2.97. The largest absolute Gasteiger partial charge is 0.299 e. The minimum Gasteiger partial charge on any atom is -0.298 e. The predicted molar refractivity (Wildman–Crippen MR) is 70.7 cm³/mol. The summed E-state index contributed by atoms with van der Waals surface area (Å²) in [7, 11) is 0. The summed E-state index contributed by atoms with van der Waals surface area (Å²) < 4.78 is 13.6. The first-order chi connectivity index (χ1) is 8.95. The van der Waals surface area contributed by atoms with Crippen LogP contribution in [0.4, 0.5) is 10.1 Å². The Bertz CT molecular complexity index is 585. The van der Waals surface area contributed by atoms with Crippen LogP contribution in [0.15, 0.2) is 16.6 Å². The molecule has 1 amide bonds. The van der Waals surface area contributed by atoms with Crippen LogP contribution < -0.4 is 4.90 Å². The highest BCUT2D eigenvalue weighted by atomic mass is 79.9. The lowest BCUT2D eigenvalue weighted by atomic mass is 10.1. The molecule has 0 aromatic heterocycles. The van der Waals surface area contributed by atoms with Gasteiger partial charge in [0.2, 0.25) is 0 Å². The number of amides is 1. The zero-order valence-electron chi connectivity index (χ0n) is 10.2. The number of Topliss-reactive ketones (excluding diaryl/α,β-unsaturated/α-hetero) is 2. The Morgan fingerprint density at radius 3 is 2.68 bits per heavy atom. The third-order valence-electron chi connectivity index (χ3n) is 2.88. The second-order valence-corrected chi connectivity index (χ2v) is 5.15. The molecule has 19 heavy (non-hydrogen) atoms. The van der Waals surface area contributed by atoms with E-state index in [-0.39, 0.29) is 28.1 Å². The molecule has 0 aliphatic carbocycles. The molecular weight excluding hydrogens is 317 g/mol. The number of halogens is 2. The van der Waals surface area contributed by atoms with Crippen LogP contribution in [0.25, 0.3) is 0 Å². The third kappa shape index (κ3) is 2.45. The Kier molecular flexibility index (Phi) is 3.80. The lowest BCUT2D eigenvalue weighted by Crippen LogP contribution is -2.34. The van der Waals surface area contributed by atoms with E-state index in [4.69, 9.17) is 0 Å². The average Bonchev–Trinajstić information content (AvgIpc) is 2.56. The van der Waals surface area contributed by atoms with Crippen LogP contribution in [-0.2, 0) is 9.59 Å². The third-order valence-corrected chi connectivity index (χ3v) is 3.48. The monoisotopic (exact) mass is 327 g/mol. The summed E-state index contributed by atoms with van der Waals surface area (Å²) in [5.41, 5.74) is 0.294. The number of benzene rings is 1. The van der Waals surface area contributed by atoms with Gasteiger partial charge in [0, 0.05) is 6.42 Å². The fourth-order valence-corrected chi connectivity index (χ4v) is 2.32. The van der Waals surface area contributed by atoms with E-state index in [0.29, 0.717) is 12.8 Å². The van der Waals surface area contributed by atoms with E-state index in [1.165, 1.54) is 6.07 Å². The summed E-state index contributed by atoms with van der Waals surface area (Å²) in [4.78, 5) is 36.2. The van der Waals surface area contributed by atoms with Gasteiger partial charge in [0.1, 0.15) is 5.82 Å². The Morgan fingerprint density at radius 2 is 2.05 bits per heavy atom. The molecule has 0 saturated heterocycles.